The fraction of sp³-hybridized carbons (Fsp3) is 0.900. The second-order valence-electron chi connectivity index (χ2n) is 3.54. The third-order valence-electron chi connectivity index (χ3n) is 2.55. The normalized spacial score (nSPS) is 21.7. The predicted molar refractivity (Wildman–Crippen MR) is 56.2 cm³/mol. The molecule has 1 aliphatic rings. The maximum absolute atomic E-state index is 11.0. The molecule has 0 aromatic heterocycles. The third kappa shape index (κ3) is 3.44. The van der Waals surface area contributed by atoms with Crippen LogP contribution in [0, 0.1) is 0 Å². The molecule has 1 fully saturated rings. The molecule has 1 heterocycles. The lowest BCUT2D eigenvalue weighted by molar-refractivity contribution is -0.161. The minimum atomic E-state index is -0.256. The highest BCUT2D eigenvalue weighted by Gasteiger charge is 2.34. The first-order valence-corrected chi connectivity index (χ1v) is 5.45. The molecule has 0 saturated carbocycles. The van der Waals surface area contributed by atoms with E-state index in [2.05, 4.69) is 0 Å². The van der Waals surface area contributed by atoms with Gasteiger partial charge in [0, 0.05) is 19.8 Å². The van der Waals surface area contributed by atoms with Gasteiger partial charge in [-0.1, -0.05) is 0 Å². The molecule has 0 bridgehead atoms. The van der Waals surface area contributed by atoms with E-state index in [9.17, 15) is 4.79 Å². The number of primary amides is 1. The zero-order valence-corrected chi connectivity index (χ0v) is 9.44. The lowest BCUT2D eigenvalue weighted by atomic mass is 10.0. The van der Waals surface area contributed by atoms with Crippen LogP contribution in [0.25, 0.3) is 0 Å². The summed E-state index contributed by atoms with van der Waals surface area (Å²) in [6.45, 7) is 6.58. The minimum absolute atomic E-state index is 0.131. The predicted octanol–water partition coefficient (Wildman–Crippen LogP) is -0.0549. The Balaban J connectivity index is 2.34. The fourth-order valence-corrected chi connectivity index (χ4v) is 1.70. The number of rotatable bonds is 7. The Labute approximate surface area is 90.5 Å². The second kappa shape index (κ2) is 6.05. The summed E-state index contributed by atoms with van der Waals surface area (Å²) < 4.78 is 10.8. The van der Waals surface area contributed by atoms with Crippen molar-refractivity contribution in [1.82, 2.24) is 4.90 Å². The van der Waals surface area contributed by atoms with Gasteiger partial charge in [-0.25, -0.2) is 0 Å². The maximum Gasteiger partial charge on any atom is 0.234 e. The summed E-state index contributed by atoms with van der Waals surface area (Å²) in [5, 5.41) is 0. The van der Waals surface area contributed by atoms with Gasteiger partial charge in [-0.15, -0.1) is 0 Å². The highest BCUT2D eigenvalue weighted by molar-refractivity contribution is 5.80. The quantitative estimate of drug-likeness (QED) is 0.606. The van der Waals surface area contributed by atoms with Crippen LogP contribution in [0.4, 0.5) is 0 Å². The van der Waals surface area contributed by atoms with E-state index < -0.39 is 0 Å². The molecule has 1 saturated heterocycles. The second-order valence-corrected chi connectivity index (χ2v) is 3.54. The Morgan fingerprint density at radius 1 is 1.47 bits per heavy atom. The van der Waals surface area contributed by atoms with Gasteiger partial charge in [0.05, 0.1) is 12.6 Å². The molecule has 1 rings (SSSR count). The van der Waals surface area contributed by atoms with Crippen molar-refractivity contribution in [2.24, 2.45) is 5.73 Å². The van der Waals surface area contributed by atoms with Gasteiger partial charge in [-0.05, 0) is 20.3 Å². The highest BCUT2D eigenvalue weighted by atomic mass is 16.7. The largest absolute Gasteiger partial charge is 0.368 e. The van der Waals surface area contributed by atoms with Crippen molar-refractivity contribution in [2.75, 3.05) is 26.3 Å². The van der Waals surface area contributed by atoms with E-state index >= 15 is 0 Å². The van der Waals surface area contributed by atoms with Gasteiger partial charge in [0.25, 0.3) is 0 Å². The molecule has 0 aliphatic carbocycles. The molecule has 15 heavy (non-hydrogen) atoms. The Bertz CT molecular complexity index is 205. The molecular formula is C10H20N2O3. The van der Waals surface area contributed by atoms with Gasteiger partial charge in [0.1, 0.15) is 0 Å². The smallest absolute Gasteiger partial charge is 0.234 e. The van der Waals surface area contributed by atoms with E-state index in [1.54, 1.807) is 0 Å². The molecule has 0 radical (unpaired) electrons. The number of likely N-dealkylation sites (tertiary alicyclic amines) is 1. The molecule has 2 N–H and O–H groups in total. The van der Waals surface area contributed by atoms with E-state index in [1.807, 2.05) is 18.7 Å². The van der Waals surface area contributed by atoms with Gasteiger partial charge in [0.15, 0.2) is 6.29 Å². The van der Waals surface area contributed by atoms with Gasteiger partial charge < -0.3 is 15.2 Å². The Hall–Kier alpha value is -0.650. The number of ether oxygens (including phenoxy) is 2. The molecule has 1 atom stereocenters. The molecule has 1 amide bonds. The first-order valence-electron chi connectivity index (χ1n) is 5.45. The molecule has 0 spiro atoms. The van der Waals surface area contributed by atoms with Crippen LogP contribution in [0.2, 0.25) is 0 Å². The van der Waals surface area contributed by atoms with Crippen LogP contribution in [-0.2, 0) is 14.3 Å². The Morgan fingerprint density at radius 3 is 2.40 bits per heavy atom. The zero-order valence-electron chi connectivity index (χ0n) is 9.44. The molecule has 1 unspecified atom stereocenters. The SMILES string of the molecule is CCOC(CN1CCC1C(N)=O)OCC. The van der Waals surface area contributed by atoms with E-state index in [-0.39, 0.29) is 18.2 Å². The molecular weight excluding hydrogens is 196 g/mol. The standard InChI is InChI=1S/C10H20N2O3/c1-3-14-9(15-4-2)7-12-6-5-8(12)10(11)13/h8-9H,3-7H2,1-2H3,(H2,11,13). The van der Waals surface area contributed by atoms with Crippen molar-refractivity contribution in [3.63, 3.8) is 0 Å². The monoisotopic (exact) mass is 216 g/mol. The van der Waals surface area contributed by atoms with E-state index in [0.717, 1.165) is 13.0 Å². The number of nitrogens with two attached hydrogens (primary N) is 1. The fourth-order valence-electron chi connectivity index (χ4n) is 1.70. The van der Waals surface area contributed by atoms with Crippen LogP contribution >= 0.6 is 0 Å². The molecule has 0 aromatic carbocycles. The summed E-state index contributed by atoms with van der Waals surface area (Å²) in [4.78, 5) is 13.0. The Kier molecular flexibility index (Phi) is 5.01. The number of carbonyl (C=O) groups is 1. The van der Waals surface area contributed by atoms with Gasteiger partial charge in [0.2, 0.25) is 5.91 Å². The summed E-state index contributed by atoms with van der Waals surface area (Å²) in [5.41, 5.74) is 5.25. The first kappa shape index (κ1) is 12.4. The van der Waals surface area contributed by atoms with Crippen LogP contribution in [0.15, 0.2) is 0 Å². The van der Waals surface area contributed by atoms with E-state index in [4.69, 9.17) is 15.2 Å². The van der Waals surface area contributed by atoms with Crippen molar-refractivity contribution in [3.05, 3.63) is 0 Å². The lowest BCUT2D eigenvalue weighted by Crippen LogP contribution is -2.57. The number of hydrogen-bond acceptors (Lipinski definition) is 4. The molecule has 5 heteroatoms. The highest BCUT2D eigenvalue weighted by Crippen LogP contribution is 2.17. The summed E-state index contributed by atoms with van der Waals surface area (Å²) in [6.07, 6.45) is 0.600. The summed E-state index contributed by atoms with van der Waals surface area (Å²) >= 11 is 0. The first-order chi connectivity index (χ1) is 7.19. The number of carbonyl (C=O) groups excluding carboxylic acids is 1. The van der Waals surface area contributed by atoms with Crippen LogP contribution in [0.1, 0.15) is 20.3 Å². The van der Waals surface area contributed by atoms with Crippen molar-refractivity contribution in [3.8, 4) is 0 Å². The maximum atomic E-state index is 11.0. The van der Waals surface area contributed by atoms with Crippen molar-refractivity contribution >= 4 is 5.91 Å². The average Bonchev–Trinajstić information content (AvgIpc) is 2.12. The van der Waals surface area contributed by atoms with E-state index in [0.29, 0.717) is 19.8 Å². The zero-order chi connectivity index (χ0) is 11.3. The van der Waals surface area contributed by atoms with Crippen LogP contribution < -0.4 is 5.73 Å². The number of amides is 1. The molecule has 1 aliphatic heterocycles. The summed E-state index contributed by atoms with van der Waals surface area (Å²) in [5.74, 6) is -0.256. The Morgan fingerprint density at radius 2 is 2.07 bits per heavy atom. The summed E-state index contributed by atoms with van der Waals surface area (Å²) in [6, 6.07) is -0.131. The van der Waals surface area contributed by atoms with Crippen molar-refractivity contribution in [1.29, 1.82) is 0 Å². The summed E-state index contributed by atoms with van der Waals surface area (Å²) in [7, 11) is 0. The van der Waals surface area contributed by atoms with Crippen molar-refractivity contribution < 1.29 is 14.3 Å². The minimum Gasteiger partial charge on any atom is -0.368 e. The van der Waals surface area contributed by atoms with Crippen LogP contribution in [0.5, 0.6) is 0 Å². The van der Waals surface area contributed by atoms with Gasteiger partial charge in [-0.3, -0.25) is 9.69 Å². The van der Waals surface area contributed by atoms with Crippen LogP contribution in [-0.4, -0.2) is 49.4 Å². The number of hydrogen-bond donors (Lipinski definition) is 1. The molecule has 0 aromatic rings. The average molecular weight is 216 g/mol. The van der Waals surface area contributed by atoms with Gasteiger partial charge >= 0.3 is 0 Å². The molecule has 88 valence electrons. The topological polar surface area (TPSA) is 64.8 Å². The molecule has 5 nitrogen and oxygen atoms in total. The lowest BCUT2D eigenvalue weighted by Gasteiger charge is -2.40. The number of nitrogens with zero attached hydrogens (tertiary/aromatic N) is 1. The van der Waals surface area contributed by atoms with Crippen LogP contribution in [0.3, 0.4) is 0 Å². The third-order valence-corrected chi connectivity index (χ3v) is 2.55. The van der Waals surface area contributed by atoms with E-state index in [1.165, 1.54) is 0 Å². The van der Waals surface area contributed by atoms with Crippen molar-refractivity contribution in [2.45, 2.75) is 32.6 Å². The van der Waals surface area contributed by atoms with Gasteiger partial charge in [-0.2, -0.15) is 0 Å².